The Balaban J connectivity index is 0.00000162. The second kappa shape index (κ2) is 6.72. The molecule has 0 spiro atoms. The van der Waals surface area contributed by atoms with Crippen molar-refractivity contribution in [2.45, 2.75) is 25.5 Å². The van der Waals surface area contributed by atoms with Crippen LogP contribution in [-0.2, 0) is 11.3 Å². The summed E-state index contributed by atoms with van der Waals surface area (Å²) in [4.78, 5) is 13.9. The average Bonchev–Trinajstić information content (AvgIpc) is 2.96. The summed E-state index contributed by atoms with van der Waals surface area (Å²) in [7, 11) is 1.56. The molecule has 0 radical (unpaired) electrons. The number of likely N-dealkylation sites (tertiary alicyclic amines) is 1. The summed E-state index contributed by atoms with van der Waals surface area (Å²) in [5, 5.41) is 3.76. The molecule has 0 aromatic carbocycles. The van der Waals surface area contributed by atoms with Gasteiger partial charge in [-0.3, -0.25) is 4.79 Å². The molecule has 2 N–H and O–H groups in total. The zero-order valence-corrected chi connectivity index (χ0v) is 11.1. The van der Waals surface area contributed by atoms with Crippen LogP contribution in [0.1, 0.15) is 29.1 Å². The van der Waals surface area contributed by atoms with E-state index in [9.17, 15) is 4.79 Å². The van der Waals surface area contributed by atoms with Crippen molar-refractivity contribution < 1.29 is 14.1 Å². The maximum Gasteiger partial charge on any atom is 0.276 e. The Labute approximate surface area is 112 Å². The predicted molar refractivity (Wildman–Crippen MR) is 67.6 cm³/mol. The molecule has 18 heavy (non-hydrogen) atoms. The van der Waals surface area contributed by atoms with Gasteiger partial charge in [-0.15, -0.1) is 12.4 Å². The van der Waals surface area contributed by atoms with Gasteiger partial charge in [0.05, 0.1) is 0 Å². The predicted octanol–water partition coefficient (Wildman–Crippen LogP) is 0.806. The zero-order chi connectivity index (χ0) is 12.3. The summed E-state index contributed by atoms with van der Waals surface area (Å²) in [6.45, 7) is 1.56. The van der Waals surface area contributed by atoms with Gasteiger partial charge in [0.1, 0.15) is 6.61 Å². The van der Waals surface area contributed by atoms with Crippen molar-refractivity contribution in [3.8, 4) is 0 Å². The summed E-state index contributed by atoms with van der Waals surface area (Å²) in [6, 6.07) is 1.75. The SMILES string of the molecule is COCc1cc(C(=O)N2CCCC2CN)no1.Cl. The van der Waals surface area contributed by atoms with E-state index < -0.39 is 0 Å². The number of ether oxygens (including phenoxy) is 1. The van der Waals surface area contributed by atoms with E-state index in [-0.39, 0.29) is 24.4 Å². The van der Waals surface area contributed by atoms with Gasteiger partial charge in [0.2, 0.25) is 0 Å². The van der Waals surface area contributed by atoms with Crippen LogP contribution >= 0.6 is 12.4 Å². The molecule has 1 aromatic heterocycles. The maximum absolute atomic E-state index is 12.1. The number of nitrogens with two attached hydrogens (primary N) is 1. The molecule has 1 amide bonds. The van der Waals surface area contributed by atoms with E-state index in [1.807, 2.05) is 0 Å². The van der Waals surface area contributed by atoms with Crippen molar-refractivity contribution in [2.24, 2.45) is 5.73 Å². The van der Waals surface area contributed by atoms with Gasteiger partial charge in [-0.25, -0.2) is 0 Å². The molecule has 1 aliphatic rings. The molecule has 7 heteroatoms. The molecule has 2 rings (SSSR count). The number of halogens is 1. The van der Waals surface area contributed by atoms with E-state index in [2.05, 4.69) is 5.16 Å². The molecule has 1 saturated heterocycles. The van der Waals surface area contributed by atoms with Gasteiger partial charge in [0.15, 0.2) is 11.5 Å². The van der Waals surface area contributed by atoms with Crippen LogP contribution in [0.3, 0.4) is 0 Å². The summed E-state index contributed by atoms with van der Waals surface area (Å²) >= 11 is 0. The minimum Gasteiger partial charge on any atom is -0.377 e. The van der Waals surface area contributed by atoms with Crippen molar-refractivity contribution in [2.75, 3.05) is 20.2 Å². The number of methoxy groups -OCH3 is 1. The highest BCUT2D eigenvalue weighted by molar-refractivity contribution is 5.92. The standard InChI is InChI=1S/C11H17N3O3.ClH/c1-16-7-9-5-10(13-17-9)11(15)14-4-2-3-8(14)6-12;/h5,8H,2-4,6-7,12H2,1H3;1H. The van der Waals surface area contributed by atoms with Crippen molar-refractivity contribution in [3.05, 3.63) is 17.5 Å². The van der Waals surface area contributed by atoms with Crippen molar-refractivity contribution in [1.29, 1.82) is 0 Å². The molecule has 1 atom stereocenters. The molecule has 1 aliphatic heterocycles. The van der Waals surface area contributed by atoms with E-state index in [1.165, 1.54) is 0 Å². The normalized spacial score (nSPS) is 18.8. The first kappa shape index (κ1) is 14.9. The Hall–Kier alpha value is -1.11. The number of hydrogen-bond acceptors (Lipinski definition) is 5. The van der Waals surface area contributed by atoms with Crippen molar-refractivity contribution in [3.63, 3.8) is 0 Å². The van der Waals surface area contributed by atoms with E-state index >= 15 is 0 Å². The van der Waals surface area contributed by atoms with Crippen molar-refractivity contribution in [1.82, 2.24) is 10.1 Å². The number of hydrogen-bond donors (Lipinski definition) is 1. The summed E-state index contributed by atoms with van der Waals surface area (Å²) < 4.78 is 9.91. The quantitative estimate of drug-likeness (QED) is 0.879. The van der Waals surface area contributed by atoms with Crippen LogP contribution in [0.4, 0.5) is 0 Å². The van der Waals surface area contributed by atoms with Crippen LogP contribution in [-0.4, -0.2) is 42.2 Å². The second-order valence-corrected chi connectivity index (χ2v) is 4.14. The second-order valence-electron chi connectivity index (χ2n) is 4.14. The summed E-state index contributed by atoms with van der Waals surface area (Å²) in [6.07, 6.45) is 1.96. The molecule has 0 saturated carbocycles. The topological polar surface area (TPSA) is 81.6 Å². The first-order chi connectivity index (χ1) is 8.26. The summed E-state index contributed by atoms with van der Waals surface area (Å²) in [5.41, 5.74) is 5.97. The molecule has 0 aliphatic carbocycles. The van der Waals surface area contributed by atoms with Gasteiger partial charge in [-0.1, -0.05) is 5.16 Å². The first-order valence-corrected chi connectivity index (χ1v) is 5.72. The lowest BCUT2D eigenvalue weighted by molar-refractivity contribution is 0.0730. The van der Waals surface area contributed by atoms with E-state index in [1.54, 1.807) is 18.1 Å². The highest BCUT2D eigenvalue weighted by Crippen LogP contribution is 2.19. The first-order valence-electron chi connectivity index (χ1n) is 5.72. The van der Waals surface area contributed by atoms with Gasteiger partial charge in [0, 0.05) is 32.3 Å². The Morgan fingerprint density at radius 1 is 1.72 bits per heavy atom. The monoisotopic (exact) mass is 275 g/mol. The third kappa shape index (κ3) is 3.01. The lowest BCUT2D eigenvalue weighted by Gasteiger charge is -2.21. The fourth-order valence-corrected chi connectivity index (χ4v) is 2.12. The van der Waals surface area contributed by atoms with Gasteiger partial charge in [0.25, 0.3) is 5.91 Å². The number of nitrogens with zero attached hydrogens (tertiary/aromatic N) is 2. The smallest absolute Gasteiger partial charge is 0.276 e. The van der Waals surface area contributed by atoms with Crippen LogP contribution in [0.2, 0.25) is 0 Å². The third-order valence-electron chi connectivity index (χ3n) is 2.97. The van der Waals surface area contributed by atoms with E-state index in [0.29, 0.717) is 24.6 Å². The Morgan fingerprint density at radius 3 is 3.17 bits per heavy atom. The molecule has 1 unspecified atom stereocenters. The Morgan fingerprint density at radius 2 is 2.50 bits per heavy atom. The van der Waals surface area contributed by atoms with Crippen LogP contribution in [0.25, 0.3) is 0 Å². The minimum absolute atomic E-state index is 0. The summed E-state index contributed by atoms with van der Waals surface area (Å²) in [5.74, 6) is 0.448. The number of aromatic nitrogens is 1. The molecular weight excluding hydrogens is 258 g/mol. The van der Waals surface area contributed by atoms with Crippen LogP contribution < -0.4 is 5.73 Å². The largest absolute Gasteiger partial charge is 0.377 e. The van der Waals surface area contributed by atoms with Gasteiger partial charge >= 0.3 is 0 Å². The van der Waals surface area contributed by atoms with Crippen LogP contribution in [0, 0.1) is 0 Å². The zero-order valence-electron chi connectivity index (χ0n) is 10.3. The highest BCUT2D eigenvalue weighted by Gasteiger charge is 2.30. The number of amides is 1. The molecular formula is C11H18ClN3O3. The van der Waals surface area contributed by atoms with E-state index in [0.717, 1.165) is 19.4 Å². The lowest BCUT2D eigenvalue weighted by atomic mass is 10.2. The van der Waals surface area contributed by atoms with Gasteiger partial charge in [-0.2, -0.15) is 0 Å². The lowest BCUT2D eigenvalue weighted by Crippen LogP contribution is -2.40. The molecule has 2 heterocycles. The number of rotatable bonds is 4. The molecule has 0 bridgehead atoms. The average molecular weight is 276 g/mol. The minimum atomic E-state index is -0.107. The molecule has 102 valence electrons. The van der Waals surface area contributed by atoms with Gasteiger partial charge in [-0.05, 0) is 12.8 Å². The Bertz CT molecular complexity index is 397. The third-order valence-corrected chi connectivity index (χ3v) is 2.97. The number of carbonyl (C=O) groups excluding carboxylic acids is 1. The highest BCUT2D eigenvalue weighted by atomic mass is 35.5. The fourth-order valence-electron chi connectivity index (χ4n) is 2.12. The van der Waals surface area contributed by atoms with E-state index in [4.69, 9.17) is 15.0 Å². The molecule has 1 fully saturated rings. The molecule has 1 aromatic rings. The van der Waals surface area contributed by atoms with Gasteiger partial charge < -0.3 is 19.9 Å². The van der Waals surface area contributed by atoms with Crippen molar-refractivity contribution >= 4 is 18.3 Å². The van der Waals surface area contributed by atoms with Crippen LogP contribution in [0.5, 0.6) is 0 Å². The fraction of sp³-hybridized carbons (Fsp3) is 0.636. The maximum atomic E-state index is 12.1. The van der Waals surface area contributed by atoms with Crippen LogP contribution in [0.15, 0.2) is 10.6 Å². The Kier molecular flexibility index (Phi) is 5.58. The molecule has 6 nitrogen and oxygen atoms in total. The number of carbonyl (C=O) groups is 1.